The van der Waals surface area contributed by atoms with Crippen LogP contribution < -0.4 is 0 Å². The summed E-state index contributed by atoms with van der Waals surface area (Å²) in [6.45, 7) is 6.92. The van der Waals surface area contributed by atoms with Crippen molar-refractivity contribution >= 4 is 14.0 Å². The van der Waals surface area contributed by atoms with E-state index in [1.807, 2.05) is 0 Å². The molecule has 2 atom stereocenters. The van der Waals surface area contributed by atoms with Gasteiger partial charge in [-0.05, 0) is 12.3 Å². The maximum absolute atomic E-state index is 11.8. The summed E-state index contributed by atoms with van der Waals surface area (Å²) in [5.74, 6) is 0.754. The zero-order chi connectivity index (χ0) is 11.2. The molecule has 0 fully saturated rings. The van der Waals surface area contributed by atoms with Crippen LogP contribution in [0, 0.1) is 11.8 Å². The molecule has 3 heteroatoms. The highest BCUT2D eigenvalue weighted by Crippen LogP contribution is 2.47. The molecule has 0 amide bonds. The Morgan fingerprint density at radius 1 is 1.33 bits per heavy atom. The van der Waals surface area contributed by atoms with Crippen LogP contribution in [-0.4, -0.2) is 21.2 Å². The molecule has 0 aromatic carbocycles. The standard InChI is InChI=1S/C12H18O2Si/c1-14-12(13)10-8-5-6-9(7-8)11(10)15(2,3)4/h5-6,8-9H,7H2,1-4H3. The molecular weight excluding hydrogens is 204 g/mol. The fourth-order valence-corrected chi connectivity index (χ4v) is 5.28. The first-order chi connectivity index (χ1) is 6.95. The van der Waals surface area contributed by atoms with Gasteiger partial charge in [0.1, 0.15) is 0 Å². The minimum atomic E-state index is -1.39. The highest BCUT2D eigenvalue weighted by atomic mass is 28.3. The summed E-state index contributed by atoms with van der Waals surface area (Å²) in [6.07, 6.45) is 5.54. The van der Waals surface area contributed by atoms with Crippen molar-refractivity contribution in [2.45, 2.75) is 26.1 Å². The number of hydrogen-bond acceptors (Lipinski definition) is 2. The monoisotopic (exact) mass is 222 g/mol. The summed E-state index contributed by atoms with van der Waals surface area (Å²) in [5, 5.41) is 1.42. The van der Waals surface area contributed by atoms with Crippen LogP contribution >= 0.6 is 0 Å². The third kappa shape index (κ3) is 1.59. The number of allylic oxidation sites excluding steroid dienone is 3. The van der Waals surface area contributed by atoms with Crippen molar-refractivity contribution in [2.75, 3.05) is 7.11 Å². The van der Waals surface area contributed by atoms with Crippen LogP contribution in [0.2, 0.25) is 19.6 Å². The maximum Gasteiger partial charge on any atom is 0.333 e. The Hall–Kier alpha value is -0.833. The van der Waals surface area contributed by atoms with Gasteiger partial charge in [-0.15, -0.1) is 0 Å². The summed E-state index contributed by atoms with van der Waals surface area (Å²) in [6, 6.07) is 0. The Labute approximate surface area is 92.0 Å². The van der Waals surface area contributed by atoms with E-state index in [1.165, 1.54) is 12.3 Å². The van der Waals surface area contributed by atoms with Gasteiger partial charge in [-0.1, -0.05) is 37.0 Å². The highest BCUT2D eigenvalue weighted by Gasteiger charge is 2.43. The van der Waals surface area contributed by atoms with Gasteiger partial charge in [0.05, 0.1) is 15.2 Å². The normalized spacial score (nSPS) is 28.8. The quantitative estimate of drug-likeness (QED) is 0.408. The van der Waals surface area contributed by atoms with E-state index in [-0.39, 0.29) is 5.97 Å². The van der Waals surface area contributed by atoms with Crippen molar-refractivity contribution in [3.63, 3.8) is 0 Å². The lowest BCUT2D eigenvalue weighted by atomic mass is 10.0. The number of fused-ring (bicyclic) bond motifs is 2. The summed E-state index contributed by atoms with van der Waals surface area (Å²) < 4.78 is 4.90. The van der Waals surface area contributed by atoms with Crippen molar-refractivity contribution in [3.05, 3.63) is 22.9 Å². The molecule has 0 aromatic rings. The summed E-state index contributed by atoms with van der Waals surface area (Å²) in [4.78, 5) is 11.8. The minimum Gasteiger partial charge on any atom is -0.466 e. The molecule has 0 N–H and O–H groups in total. The van der Waals surface area contributed by atoms with E-state index >= 15 is 0 Å². The van der Waals surface area contributed by atoms with Gasteiger partial charge in [-0.2, -0.15) is 0 Å². The molecule has 2 aliphatic rings. The molecule has 0 saturated carbocycles. The van der Waals surface area contributed by atoms with Crippen LogP contribution in [0.4, 0.5) is 0 Å². The van der Waals surface area contributed by atoms with Crippen molar-refractivity contribution in [3.8, 4) is 0 Å². The number of carbonyl (C=O) groups is 1. The molecule has 2 rings (SSSR count). The van der Waals surface area contributed by atoms with E-state index in [0.29, 0.717) is 11.8 Å². The molecule has 2 bridgehead atoms. The van der Waals surface area contributed by atoms with E-state index in [9.17, 15) is 4.79 Å². The van der Waals surface area contributed by atoms with Gasteiger partial charge in [0, 0.05) is 11.5 Å². The van der Waals surface area contributed by atoms with E-state index in [4.69, 9.17) is 4.74 Å². The van der Waals surface area contributed by atoms with Crippen LogP contribution in [0.3, 0.4) is 0 Å². The number of carbonyl (C=O) groups excluding carboxylic acids is 1. The number of esters is 1. The smallest absolute Gasteiger partial charge is 0.333 e. The molecule has 15 heavy (non-hydrogen) atoms. The Balaban J connectivity index is 2.45. The zero-order valence-corrected chi connectivity index (χ0v) is 10.8. The predicted molar refractivity (Wildman–Crippen MR) is 63.1 cm³/mol. The van der Waals surface area contributed by atoms with Gasteiger partial charge in [0.15, 0.2) is 0 Å². The fraction of sp³-hybridized carbons (Fsp3) is 0.583. The summed E-state index contributed by atoms with van der Waals surface area (Å²) in [5.41, 5.74) is 0.976. The number of methoxy groups -OCH3 is 1. The first-order valence-corrected chi connectivity index (χ1v) is 8.96. The van der Waals surface area contributed by atoms with Gasteiger partial charge in [-0.25, -0.2) is 4.79 Å². The molecule has 0 aromatic heterocycles. The zero-order valence-electron chi connectivity index (χ0n) is 9.83. The van der Waals surface area contributed by atoms with Crippen LogP contribution in [0.5, 0.6) is 0 Å². The van der Waals surface area contributed by atoms with Crippen LogP contribution in [0.15, 0.2) is 22.9 Å². The Bertz CT molecular complexity index is 360. The number of hydrogen-bond donors (Lipinski definition) is 0. The molecule has 0 heterocycles. The summed E-state index contributed by atoms with van der Waals surface area (Å²) in [7, 11) is 0.0867. The molecular formula is C12H18O2Si. The third-order valence-electron chi connectivity index (χ3n) is 3.33. The second-order valence-electron chi connectivity index (χ2n) is 5.40. The van der Waals surface area contributed by atoms with Gasteiger partial charge >= 0.3 is 5.97 Å². The lowest BCUT2D eigenvalue weighted by Crippen LogP contribution is -2.30. The van der Waals surface area contributed by atoms with Crippen molar-refractivity contribution in [1.29, 1.82) is 0 Å². The fourth-order valence-electron chi connectivity index (χ4n) is 2.86. The van der Waals surface area contributed by atoms with Gasteiger partial charge in [0.2, 0.25) is 0 Å². The first kappa shape index (κ1) is 10.7. The lowest BCUT2D eigenvalue weighted by molar-refractivity contribution is -0.136. The average Bonchev–Trinajstić information content (AvgIpc) is 2.73. The van der Waals surface area contributed by atoms with E-state index < -0.39 is 8.07 Å². The maximum atomic E-state index is 11.8. The number of rotatable bonds is 2. The Kier molecular flexibility index (Phi) is 2.38. The summed E-state index contributed by atoms with van der Waals surface area (Å²) >= 11 is 0. The van der Waals surface area contributed by atoms with Crippen LogP contribution in [0.25, 0.3) is 0 Å². The first-order valence-electron chi connectivity index (χ1n) is 5.46. The molecule has 0 saturated heterocycles. The van der Waals surface area contributed by atoms with E-state index in [0.717, 1.165) is 12.0 Å². The molecule has 0 radical (unpaired) electrons. The van der Waals surface area contributed by atoms with Crippen molar-refractivity contribution in [2.24, 2.45) is 11.8 Å². The molecule has 82 valence electrons. The Morgan fingerprint density at radius 3 is 2.47 bits per heavy atom. The predicted octanol–water partition coefficient (Wildman–Crippen LogP) is 2.54. The second kappa shape index (κ2) is 3.34. The third-order valence-corrected chi connectivity index (χ3v) is 5.58. The molecule has 0 aliphatic heterocycles. The molecule has 2 aliphatic carbocycles. The van der Waals surface area contributed by atoms with Gasteiger partial charge < -0.3 is 4.74 Å². The molecule has 0 spiro atoms. The molecule has 2 unspecified atom stereocenters. The van der Waals surface area contributed by atoms with E-state index in [2.05, 4.69) is 31.8 Å². The highest BCUT2D eigenvalue weighted by molar-refractivity contribution is 6.83. The lowest BCUT2D eigenvalue weighted by Gasteiger charge is -2.25. The average molecular weight is 222 g/mol. The molecule has 2 nitrogen and oxygen atoms in total. The minimum absolute atomic E-state index is 0.107. The largest absolute Gasteiger partial charge is 0.466 e. The Morgan fingerprint density at radius 2 is 1.93 bits per heavy atom. The van der Waals surface area contributed by atoms with Crippen LogP contribution in [0.1, 0.15) is 6.42 Å². The SMILES string of the molecule is COC(=O)C1=C([Si](C)(C)C)C2C=CC1C2. The van der Waals surface area contributed by atoms with Gasteiger partial charge in [-0.3, -0.25) is 0 Å². The van der Waals surface area contributed by atoms with Crippen LogP contribution in [-0.2, 0) is 9.53 Å². The van der Waals surface area contributed by atoms with Crippen molar-refractivity contribution < 1.29 is 9.53 Å². The number of ether oxygens (including phenoxy) is 1. The second-order valence-corrected chi connectivity index (χ2v) is 10.4. The van der Waals surface area contributed by atoms with Gasteiger partial charge in [0.25, 0.3) is 0 Å². The van der Waals surface area contributed by atoms with E-state index in [1.54, 1.807) is 0 Å². The van der Waals surface area contributed by atoms with Crippen molar-refractivity contribution in [1.82, 2.24) is 0 Å². The topological polar surface area (TPSA) is 26.3 Å².